The molecule has 0 spiro atoms. The van der Waals surface area contributed by atoms with E-state index in [-0.39, 0.29) is 18.2 Å². The average Bonchev–Trinajstić information content (AvgIpc) is 2.71. The molecule has 1 aromatic carbocycles. The van der Waals surface area contributed by atoms with Crippen molar-refractivity contribution in [3.05, 3.63) is 17.7 Å². The molecule has 1 saturated heterocycles. The number of nitrogens with one attached hydrogen (secondary N) is 2. The third-order valence-corrected chi connectivity index (χ3v) is 5.37. The molecule has 3 rings (SSSR count). The fourth-order valence-electron chi connectivity index (χ4n) is 3.73. The number of hydrogen-bond donors (Lipinski definition) is 4. The third kappa shape index (κ3) is 5.51. The van der Waals surface area contributed by atoms with E-state index in [0.29, 0.717) is 56.3 Å². The Morgan fingerprint density at radius 1 is 1.28 bits per heavy atom. The predicted octanol–water partition coefficient (Wildman–Crippen LogP) is 0.777. The lowest BCUT2D eigenvalue weighted by atomic mass is 9.93. The zero-order valence-corrected chi connectivity index (χ0v) is 16.6. The van der Waals surface area contributed by atoms with E-state index in [4.69, 9.17) is 14.6 Å². The molecule has 2 atom stereocenters. The molecule has 1 amide bonds. The minimum absolute atomic E-state index is 0.0462. The highest BCUT2D eigenvalue weighted by Gasteiger charge is 2.29. The minimum atomic E-state index is -0.804. The average molecular weight is 407 g/mol. The van der Waals surface area contributed by atoms with E-state index in [0.717, 1.165) is 18.7 Å². The summed E-state index contributed by atoms with van der Waals surface area (Å²) < 4.78 is 11.2. The zero-order chi connectivity index (χ0) is 20.8. The van der Waals surface area contributed by atoms with Crippen LogP contribution in [0.25, 0.3) is 0 Å². The molecule has 0 radical (unpaired) electrons. The highest BCUT2D eigenvalue weighted by Crippen LogP contribution is 2.37. The van der Waals surface area contributed by atoms with Crippen molar-refractivity contribution in [3.8, 4) is 11.5 Å². The van der Waals surface area contributed by atoms with Gasteiger partial charge in [0.15, 0.2) is 11.5 Å². The molecule has 0 bridgehead atoms. The van der Waals surface area contributed by atoms with Crippen molar-refractivity contribution in [1.29, 1.82) is 0 Å². The van der Waals surface area contributed by atoms with Crippen molar-refractivity contribution in [2.45, 2.75) is 25.4 Å². The monoisotopic (exact) mass is 407 g/mol. The number of aliphatic hydroxyl groups excluding tert-OH is 1. The summed E-state index contributed by atoms with van der Waals surface area (Å²) in [6, 6.07) is 3.53. The van der Waals surface area contributed by atoms with Crippen LogP contribution < -0.4 is 20.1 Å². The second-order valence-corrected chi connectivity index (χ2v) is 7.42. The number of carboxylic acids is 1. The van der Waals surface area contributed by atoms with Crippen LogP contribution in [0, 0.1) is 5.92 Å². The lowest BCUT2D eigenvalue weighted by molar-refractivity contribution is -0.137. The van der Waals surface area contributed by atoms with E-state index in [9.17, 15) is 14.7 Å². The lowest BCUT2D eigenvalue weighted by Crippen LogP contribution is -2.47. The summed E-state index contributed by atoms with van der Waals surface area (Å²) in [7, 11) is 1.77. The Bertz CT molecular complexity index is 741. The summed E-state index contributed by atoms with van der Waals surface area (Å²) >= 11 is 0. The van der Waals surface area contributed by atoms with Gasteiger partial charge in [-0.05, 0) is 32.0 Å². The Hall–Kier alpha value is -2.52. The van der Waals surface area contributed by atoms with Crippen LogP contribution in [0.15, 0.2) is 12.1 Å². The van der Waals surface area contributed by atoms with Gasteiger partial charge in [0.05, 0.1) is 11.7 Å². The molecule has 9 nitrogen and oxygen atoms in total. The summed E-state index contributed by atoms with van der Waals surface area (Å²) in [6.45, 7) is 3.12. The van der Waals surface area contributed by atoms with Gasteiger partial charge in [0, 0.05) is 44.2 Å². The third-order valence-electron chi connectivity index (χ3n) is 5.37. The van der Waals surface area contributed by atoms with Crippen molar-refractivity contribution in [1.82, 2.24) is 10.2 Å². The maximum atomic E-state index is 12.8. The molecule has 4 N–H and O–H groups in total. The molecule has 2 aliphatic heterocycles. The van der Waals surface area contributed by atoms with Crippen LogP contribution in [-0.4, -0.2) is 79.5 Å². The largest absolute Gasteiger partial charge is 0.486 e. The summed E-state index contributed by atoms with van der Waals surface area (Å²) in [6.07, 6.45) is 0.876. The first-order chi connectivity index (χ1) is 14.0. The minimum Gasteiger partial charge on any atom is -0.486 e. The van der Waals surface area contributed by atoms with E-state index in [2.05, 4.69) is 15.5 Å². The van der Waals surface area contributed by atoms with E-state index in [1.165, 1.54) is 0 Å². The zero-order valence-electron chi connectivity index (χ0n) is 16.6. The molecule has 0 saturated carbocycles. The maximum absolute atomic E-state index is 12.8. The van der Waals surface area contributed by atoms with Crippen LogP contribution in [0.3, 0.4) is 0 Å². The molecule has 1 unspecified atom stereocenters. The number of aliphatic carboxylic acids is 1. The fourth-order valence-corrected chi connectivity index (χ4v) is 3.73. The highest BCUT2D eigenvalue weighted by molar-refractivity contribution is 5.99. The Balaban J connectivity index is 1.54. The summed E-state index contributed by atoms with van der Waals surface area (Å²) in [5, 5.41) is 25.1. The molecule has 9 heteroatoms. The lowest BCUT2D eigenvalue weighted by Gasteiger charge is -2.36. The molecular formula is C20H29N3O6. The van der Waals surface area contributed by atoms with E-state index < -0.39 is 12.1 Å². The molecular weight excluding hydrogens is 378 g/mol. The summed E-state index contributed by atoms with van der Waals surface area (Å²) in [5.41, 5.74) is 1.17. The van der Waals surface area contributed by atoms with Crippen molar-refractivity contribution >= 4 is 17.6 Å². The number of rotatable bonds is 8. The SMILES string of the molecule is CNc1cc2c(c(C(=O)NC[C@@H]3CCN(CCCC(=O)O)CC3O)c1)OCCO2. The van der Waals surface area contributed by atoms with E-state index >= 15 is 0 Å². The number of nitrogens with zero attached hydrogens (tertiary/aromatic N) is 1. The van der Waals surface area contributed by atoms with Gasteiger partial charge in [-0.2, -0.15) is 0 Å². The van der Waals surface area contributed by atoms with E-state index in [1.54, 1.807) is 19.2 Å². The number of carbonyl (C=O) groups excluding carboxylic acids is 1. The quantitative estimate of drug-likeness (QED) is 0.499. The molecule has 29 heavy (non-hydrogen) atoms. The van der Waals surface area contributed by atoms with Crippen molar-refractivity contribution in [2.75, 3.05) is 51.8 Å². The first-order valence-corrected chi connectivity index (χ1v) is 9.99. The Labute approximate surface area is 170 Å². The van der Waals surface area contributed by atoms with Crippen molar-refractivity contribution < 1.29 is 29.3 Å². The number of likely N-dealkylation sites (tertiary alicyclic amines) is 1. The summed E-state index contributed by atoms with van der Waals surface area (Å²) in [5.74, 6) is -0.123. The van der Waals surface area contributed by atoms with Gasteiger partial charge in [-0.25, -0.2) is 0 Å². The predicted molar refractivity (Wildman–Crippen MR) is 107 cm³/mol. The Morgan fingerprint density at radius 2 is 2.07 bits per heavy atom. The van der Waals surface area contributed by atoms with Crippen LogP contribution >= 0.6 is 0 Å². The molecule has 1 aromatic rings. The molecule has 1 fully saturated rings. The number of aliphatic hydroxyl groups is 1. The standard InChI is InChI=1S/C20H29N3O6/c1-21-14-9-15(19-17(10-14)28-7-8-29-19)20(27)22-11-13-4-6-23(12-16(13)24)5-2-3-18(25)26/h9-10,13,16,21,24H,2-8,11-12H2,1H3,(H,22,27)(H,25,26)/t13-,16?/m0/s1. The smallest absolute Gasteiger partial charge is 0.303 e. The number of fused-ring (bicyclic) bond motifs is 1. The number of β-amino-alcohol motifs (C(OH)–C–C–N with tert-alkyl or cyclic N) is 1. The number of hydrogen-bond acceptors (Lipinski definition) is 7. The van der Waals surface area contributed by atoms with Gasteiger partial charge in [-0.1, -0.05) is 0 Å². The van der Waals surface area contributed by atoms with Crippen LogP contribution in [0.5, 0.6) is 11.5 Å². The van der Waals surface area contributed by atoms with Crippen molar-refractivity contribution in [3.63, 3.8) is 0 Å². The molecule has 160 valence electrons. The second-order valence-electron chi connectivity index (χ2n) is 7.42. The normalized spacial score (nSPS) is 21.4. The summed E-state index contributed by atoms with van der Waals surface area (Å²) in [4.78, 5) is 25.5. The van der Waals surface area contributed by atoms with Crippen LogP contribution in [-0.2, 0) is 4.79 Å². The maximum Gasteiger partial charge on any atom is 0.303 e. The van der Waals surface area contributed by atoms with Gasteiger partial charge < -0.3 is 35.2 Å². The van der Waals surface area contributed by atoms with Gasteiger partial charge >= 0.3 is 5.97 Å². The van der Waals surface area contributed by atoms with Gasteiger partial charge in [-0.3, -0.25) is 9.59 Å². The number of carboxylic acid groups (broad SMARTS) is 1. The van der Waals surface area contributed by atoms with Crippen LogP contribution in [0.1, 0.15) is 29.6 Å². The number of ether oxygens (including phenoxy) is 2. The molecule has 0 aliphatic carbocycles. The van der Waals surface area contributed by atoms with Crippen molar-refractivity contribution in [2.24, 2.45) is 5.92 Å². The highest BCUT2D eigenvalue weighted by atomic mass is 16.6. The van der Waals surface area contributed by atoms with E-state index in [1.807, 2.05) is 0 Å². The molecule has 2 heterocycles. The molecule has 2 aliphatic rings. The van der Waals surface area contributed by atoms with Gasteiger partial charge in [-0.15, -0.1) is 0 Å². The number of anilines is 1. The number of piperidine rings is 1. The topological polar surface area (TPSA) is 120 Å². The Kier molecular flexibility index (Phi) is 7.16. The second kappa shape index (κ2) is 9.80. The number of carbonyl (C=O) groups is 2. The van der Waals surface area contributed by atoms with Crippen LogP contribution in [0.2, 0.25) is 0 Å². The van der Waals surface area contributed by atoms with Crippen LogP contribution in [0.4, 0.5) is 5.69 Å². The molecule has 0 aromatic heterocycles. The first-order valence-electron chi connectivity index (χ1n) is 9.99. The number of amides is 1. The first kappa shape index (κ1) is 21.2. The van der Waals surface area contributed by atoms with Gasteiger partial charge in [0.2, 0.25) is 0 Å². The van der Waals surface area contributed by atoms with Gasteiger partial charge in [0.25, 0.3) is 5.91 Å². The number of benzene rings is 1. The Morgan fingerprint density at radius 3 is 2.79 bits per heavy atom. The van der Waals surface area contributed by atoms with Gasteiger partial charge in [0.1, 0.15) is 13.2 Å². The fraction of sp³-hybridized carbons (Fsp3) is 0.600.